The summed E-state index contributed by atoms with van der Waals surface area (Å²) >= 11 is 0. The predicted octanol–water partition coefficient (Wildman–Crippen LogP) is -0.964. The van der Waals surface area contributed by atoms with E-state index in [1.165, 1.54) is 0 Å². The molecule has 8 heteroatoms. The van der Waals surface area contributed by atoms with Gasteiger partial charge >= 0.3 is 0 Å². The summed E-state index contributed by atoms with van der Waals surface area (Å²) in [5, 5.41) is 3.37. The molecule has 1 aliphatic rings. The van der Waals surface area contributed by atoms with E-state index in [-0.39, 0.29) is 17.0 Å². The van der Waals surface area contributed by atoms with Crippen LogP contribution in [-0.4, -0.2) is 32.1 Å². The molecule has 3 heterocycles. The molecule has 18 heavy (non-hydrogen) atoms. The van der Waals surface area contributed by atoms with Gasteiger partial charge in [-0.1, -0.05) is 0 Å². The summed E-state index contributed by atoms with van der Waals surface area (Å²) in [5.41, 5.74) is 11.7. The third kappa shape index (κ3) is 1.70. The minimum absolute atomic E-state index is 0.0769. The number of nitrogens with two attached hydrogens (primary N) is 2. The zero-order valence-corrected chi connectivity index (χ0v) is 9.81. The molecule has 2 aromatic rings. The van der Waals surface area contributed by atoms with Gasteiger partial charge in [-0.2, -0.15) is 4.98 Å². The first-order chi connectivity index (χ1) is 8.65. The maximum atomic E-state index is 11.7. The van der Waals surface area contributed by atoms with Gasteiger partial charge in [0.2, 0.25) is 11.9 Å². The van der Waals surface area contributed by atoms with Crippen molar-refractivity contribution in [2.45, 2.75) is 25.4 Å². The first kappa shape index (κ1) is 11.0. The van der Waals surface area contributed by atoms with Crippen molar-refractivity contribution >= 4 is 23.1 Å². The number of hydrogen-bond donors (Lipinski definition) is 4. The first-order valence-corrected chi connectivity index (χ1v) is 5.90. The van der Waals surface area contributed by atoms with Crippen molar-refractivity contribution in [3.63, 3.8) is 0 Å². The van der Waals surface area contributed by atoms with Crippen molar-refractivity contribution in [3.8, 4) is 0 Å². The number of imidazole rings is 1. The molecule has 2 aromatic heterocycles. The number of H-pyrrole nitrogens is 1. The average molecular weight is 249 g/mol. The summed E-state index contributed by atoms with van der Waals surface area (Å²) in [6.07, 6.45) is 2.23. The molecule has 0 aromatic carbocycles. The van der Waals surface area contributed by atoms with Crippen LogP contribution in [0.5, 0.6) is 0 Å². The summed E-state index contributed by atoms with van der Waals surface area (Å²) < 4.78 is 1.74. The van der Waals surface area contributed by atoms with Crippen molar-refractivity contribution in [2.24, 2.45) is 0 Å². The fraction of sp³-hybridized carbons (Fsp3) is 0.500. The number of hydrogen-bond acceptors (Lipinski definition) is 6. The molecular weight excluding hydrogens is 234 g/mol. The number of fused-ring (bicyclic) bond motifs is 1. The Hall–Kier alpha value is -2.09. The molecule has 0 aliphatic carbocycles. The van der Waals surface area contributed by atoms with Crippen LogP contribution < -0.4 is 22.3 Å². The third-order valence-corrected chi connectivity index (χ3v) is 3.22. The Morgan fingerprint density at radius 1 is 1.39 bits per heavy atom. The van der Waals surface area contributed by atoms with E-state index in [9.17, 15) is 4.79 Å². The molecular formula is C10H15N7O. The van der Waals surface area contributed by atoms with E-state index in [1.807, 2.05) is 0 Å². The van der Waals surface area contributed by atoms with E-state index in [2.05, 4.69) is 20.3 Å². The Bertz CT molecular complexity index is 637. The Labute approximate surface area is 102 Å². The lowest BCUT2D eigenvalue weighted by atomic mass is 10.2. The normalized spacial score (nSPS) is 19.7. The zero-order valence-electron chi connectivity index (χ0n) is 9.81. The minimum Gasteiger partial charge on any atom is -0.369 e. The molecule has 8 nitrogen and oxygen atoms in total. The van der Waals surface area contributed by atoms with Gasteiger partial charge in [-0.3, -0.25) is 14.3 Å². The first-order valence-electron chi connectivity index (χ1n) is 5.90. The van der Waals surface area contributed by atoms with Gasteiger partial charge < -0.3 is 16.8 Å². The lowest BCUT2D eigenvalue weighted by molar-refractivity contribution is 0.519. The third-order valence-electron chi connectivity index (χ3n) is 3.22. The molecule has 0 radical (unpaired) electrons. The molecule has 0 bridgehead atoms. The van der Waals surface area contributed by atoms with Gasteiger partial charge in [-0.15, -0.1) is 0 Å². The van der Waals surface area contributed by atoms with Crippen LogP contribution in [0, 0.1) is 0 Å². The molecule has 0 amide bonds. The van der Waals surface area contributed by atoms with Crippen LogP contribution in [0.1, 0.15) is 12.8 Å². The van der Waals surface area contributed by atoms with Gasteiger partial charge in [-0.25, -0.2) is 4.98 Å². The van der Waals surface area contributed by atoms with Gasteiger partial charge in [0.05, 0.1) is 0 Å². The van der Waals surface area contributed by atoms with Crippen molar-refractivity contribution in [3.05, 3.63) is 10.4 Å². The highest BCUT2D eigenvalue weighted by molar-refractivity contribution is 5.74. The number of rotatable bonds is 2. The molecule has 0 spiro atoms. The summed E-state index contributed by atoms with van der Waals surface area (Å²) in [5.74, 6) is 0.371. The minimum atomic E-state index is -0.359. The van der Waals surface area contributed by atoms with E-state index in [4.69, 9.17) is 11.5 Å². The molecule has 6 N–H and O–H groups in total. The second kappa shape index (κ2) is 3.98. The number of nitrogen functional groups attached to an aromatic ring is 2. The molecule has 3 rings (SSSR count). The summed E-state index contributed by atoms with van der Waals surface area (Å²) in [6, 6.07) is 0.340. The number of aromatic amines is 1. The van der Waals surface area contributed by atoms with Crippen LogP contribution in [0.3, 0.4) is 0 Å². The van der Waals surface area contributed by atoms with Crippen LogP contribution in [0.4, 0.5) is 11.9 Å². The van der Waals surface area contributed by atoms with Crippen molar-refractivity contribution in [2.75, 3.05) is 18.0 Å². The van der Waals surface area contributed by atoms with Crippen LogP contribution in [0.25, 0.3) is 11.2 Å². The Kier molecular flexibility index (Phi) is 2.44. The molecule has 1 fully saturated rings. The highest BCUT2D eigenvalue weighted by Crippen LogP contribution is 2.16. The second-order valence-electron chi connectivity index (χ2n) is 4.50. The number of nitrogens with one attached hydrogen (secondary N) is 2. The molecule has 1 atom stereocenters. The van der Waals surface area contributed by atoms with Gasteiger partial charge in [0.25, 0.3) is 5.56 Å². The maximum absolute atomic E-state index is 11.7. The fourth-order valence-corrected chi connectivity index (χ4v) is 2.36. The lowest BCUT2D eigenvalue weighted by Crippen LogP contribution is -2.27. The molecule has 0 saturated carbocycles. The van der Waals surface area contributed by atoms with Crippen LogP contribution >= 0.6 is 0 Å². The zero-order chi connectivity index (χ0) is 12.7. The monoisotopic (exact) mass is 249 g/mol. The van der Waals surface area contributed by atoms with Crippen molar-refractivity contribution < 1.29 is 0 Å². The summed E-state index contributed by atoms with van der Waals surface area (Å²) in [4.78, 5) is 22.3. The van der Waals surface area contributed by atoms with Crippen LogP contribution in [0.15, 0.2) is 4.79 Å². The van der Waals surface area contributed by atoms with Crippen LogP contribution in [0.2, 0.25) is 0 Å². The van der Waals surface area contributed by atoms with E-state index >= 15 is 0 Å². The average Bonchev–Trinajstić information content (AvgIpc) is 2.91. The molecule has 1 unspecified atom stereocenters. The SMILES string of the molecule is Nc1nc2c(nc(N)n2CC2CCCN2)c(=O)[nH]1. The fourth-order valence-electron chi connectivity index (χ4n) is 2.36. The smallest absolute Gasteiger partial charge is 0.280 e. The van der Waals surface area contributed by atoms with Gasteiger partial charge in [-0.05, 0) is 19.4 Å². The van der Waals surface area contributed by atoms with E-state index < -0.39 is 0 Å². The maximum Gasteiger partial charge on any atom is 0.280 e. The second-order valence-corrected chi connectivity index (χ2v) is 4.50. The van der Waals surface area contributed by atoms with Gasteiger partial charge in [0.15, 0.2) is 11.2 Å². The quantitative estimate of drug-likeness (QED) is 0.542. The molecule has 96 valence electrons. The number of aromatic nitrogens is 4. The number of nitrogens with zero attached hydrogens (tertiary/aromatic N) is 3. The van der Waals surface area contributed by atoms with E-state index in [0.717, 1.165) is 19.4 Å². The van der Waals surface area contributed by atoms with E-state index in [0.29, 0.717) is 24.2 Å². The van der Waals surface area contributed by atoms with Gasteiger partial charge in [0, 0.05) is 12.6 Å². The molecule has 1 aliphatic heterocycles. The number of anilines is 2. The van der Waals surface area contributed by atoms with Crippen molar-refractivity contribution in [1.29, 1.82) is 0 Å². The highest BCUT2D eigenvalue weighted by Gasteiger charge is 2.19. The Morgan fingerprint density at radius 3 is 2.94 bits per heavy atom. The molecule has 1 saturated heterocycles. The Morgan fingerprint density at radius 2 is 2.22 bits per heavy atom. The predicted molar refractivity (Wildman–Crippen MR) is 68.0 cm³/mol. The van der Waals surface area contributed by atoms with Crippen LogP contribution in [-0.2, 0) is 6.54 Å². The lowest BCUT2D eigenvalue weighted by Gasteiger charge is -2.12. The summed E-state index contributed by atoms with van der Waals surface area (Å²) in [7, 11) is 0. The standard InChI is InChI=1S/C10H15N7O/c11-9-15-7-6(8(18)16-9)14-10(12)17(7)4-5-2-1-3-13-5/h5,13H,1-4H2,(H2,12,14)(H3,11,15,16,18). The summed E-state index contributed by atoms with van der Waals surface area (Å²) in [6.45, 7) is 1.66. The largest absolute Gasteiger partial charge is 0.369 e. The van der Waals surface area contributed by atoms with Crippen molar-refractivity contribution in [1.82, 2.24) is 24.8 Å². The Balaban J connectivity index is 2.09. The topological polar surface area (TPSA) is 128 Å². The van der Waals surface area contributed by atoms with Gasteiger partial charge in [0.1, 0.15) is 0 Å². The van der Waals surface area contributed by atoms with E-state index in [1.54, 1.807) is 4.57 Å². The highest BCUT2D eigenvalue weighted by atomic mass is 16.1.